The lowest BCUT2D eigenvalue weighted by molar-refractivity contribution is -0.116. The minimum absolute atomic E-state index is 0.0486. The topological polar surface area (TPSA) is 53.0 Å². The Balaban J connectivity index is 1.51. The fourth-order valence-corrected chi connectivity index (χ4v) is 5.95. The average molecular weight is 457 g/mol. The lowest BCUT2D eigenvalue weighted by atomic mass is 9.70. The fraction of sp³-hybridized carbons (Fsp3) is 0.393. The predicted molar refractivity (Wildman–Crippen MR) is 135 cm³/mol. The van der Waals surface area contributed by atoms with E-state index in [2.05, 4.69) is 89.5 Å². The molecule has 1 fully saturated rings. The summed E-state index contributed by atoms with van der Waals surface area (Å²) in [6, 6.07) is 8.52. The molecule has 176 valence electrons. The van der Waals surface area contributed by atoms with Crippen LogP contribution in [0.15, 0.2) is 72.1 Å². The lowest BCUT2D eigenvalue weighted by Gasteiger charge is -2.37. The average Bonchev–Trinajstić information content (AvgIpc) is 3.42. The predicted octanol–water partition coefficient (Wildman–Crippen LogP) is 3.44. The maximum atomic E-state index is 13.5. The number of nitrogens with zero attached hydrogens (tertiary/aromatic N) is 3. The van der Waals surface area contributed by atoms with E-state index < -0.39 is 0 Å². The van der Waals surface area contributed by atoms with E-state index in [9.17, 15) is 4.79 Å². The van der Waals surface area contributed by atoms with Gasteiger partial charge in [-0.2, -0.15) is 0 Å². The number of fused-ring (bicyclic) bond motifs is 3. The molecule has 6 nitrogen and oxygen atoms in total. The number of amides is 1. The van der Waals surface area contributed by atoms with Crippen molar-refractivity contribution in [3.63, 3.8) is 0 Å². The van der Waals surface area contributed by atoms with Crippen LogP contribution in [0.25, 0.3) is 16.5 Å². The molecule has 6 rings (SSSR count). The smallest absolute Gasteiger partial charge is 0.254 e. The van der Waals surface area contributed by atoms with Crippen molar-refractivity contribution in [2.24, 2.45) is 12.5 Å². The van der Waals surface area contributed by atoms with Crippen molar-refractivity contribution in [1.29, 1.82) is 0 Å². The highest BCUT2D eigenvalue weighted by molar-refractivity contribution is 6.25. The monoisotopic (exact) mass is 456 g/mol. The number of epoxide rings is 1. The van der Waals surface area contributed by atoms with Crippen LogP contribution < -0.4 is 5.32 Å². The number of nitrogens with one attached hydrogen (secondary N) is 1. The number of rotatable bonds is 6. The molecule has 1 saturated heterocycles. The van der Waals surface area contributed by atoms with Crippen molar-refractivity contribution in [2.75, 3.05) is 27.2 Å². The first-order valence-corrected chi connectivity index (χ1v) is 12.1. The van der Waals surface area contributed by atoms with Gasteiger partial charge in [0, 0.05) is 53.4 Å². The van der Waals surface area contributed by atoms with Gasteiger partial charge in [-0.15, -0.1) is 0 Å². The van der Waals surface area contributed by atoms with Gasteiger partial charge in [-0.25, -0.2) is 0 Å². The molecule has 1 N–H and O–H groups in total. The van der Waals surface area contributed by atoms with Crippen molar-refractivity contribution >= 4 is 22.4 Å². The molecule has 1 amide bonds. The van der Waals surface area contributed by atoms with E-state index in [4.69, 9.17) is 4.74 Å². The zero-order valence-electron chi connectivity index (χ0n) is 20.3. The van der Waals surface area contributed by atoms with Gasteiger partial charge in [0.05, 0.1) is 11.6 Å². The summed E-state index contributed by atoms with van der Waals surface area (Å²) in [4.78, 5) is 18.2. The molecule has 3 aliphatic heterocycles. The van der Waals surface area contributed by atoms with Crippen molar-refractivity contribution < 1.29 is 9.53 Å². The van der Waals surface area contributed by atoms with Crippen LogP contribution in [0.5, 0.6) is 0 Å². The van der Waals surface area contributed by atoms with E-state index in [-0.39, 0.29) is 29.7 Å². The van der Waals surface area contributed by atoms with Crippen LogP contribution in [0, 0.1) is 5.41 Å². The molecule has 6 heteroatoms. The second kappa shape index (κ2) is 7.72. The molecule has 4 aliphatic rings. The Hall–Kier alpha value is -3.09. The quantitative estimate of drug-likeness (QED) is 0.677. The molecular weight excluding hydrogens is 424 g/mol. The molecule has 1 aliphatic carbocycles. The molecule has 0 saturated carbocycles. The second-order valence-electron chi connectivity index (χ2n) is 10.3. The summed E-state index contributed by atoms with van der Waals surface area (Å²) < 4.78 is 8.12. The maximum absolute atomic E-state index is 13.5. The fourth-order valence-electron chi connectivity index (χ4n) is 5.95. The summed E-state index contributed by atoms with van der Waals surface area (Å²) in [5.41, 5.74) is 4.88. The second-order valence-corrected chi connectivity index (χ2v) is 10.3. The summed E-state index contributed by atoms with van der Waals surface area (Å²) in [6.45, 7) is 4.31. The number of hydrogen-bond acceptors (Lipinski definition) is 4. The van der Waals surface area contributed by atoms with Gasteiger partial charge in [0.25, 0.3) is 5.91 Å². The number of para-hydroxylation sites is 1. The van der Waals surface area contributed by atoms with Gasteiger partial charge in [0.1, 0.15) is 6.10 Å². The van der Waals surface area contributed by atoms with Crippen LogP contribution in [-0.4, -0.2) is 65.8 Å². The van der Waals surface area contributed by atoms with E-state index in [0.717, 1.165) is 47.1 Å². The standard InChI is InChI=1S/C28H32N4O2/c1-28-13-8-7-12-22(28)32(15-9-14-30(2)3)17-20(28)24-23(26(33)29-27-25(24)34-27)19-16-31(4)21-11-6-5-10-18(19)21/h5-8,10-13,16-17,22,25,27H,9,14-15H2,1-4H3,(H,29,33). The first-order chi connectivity index (χ1) is 16.4. The third kappa shape index (κ3) is 3.20. The highest BCUT2D eigenvalue weighted by Crippen LogP contribution is 2.53. The van der Waals surface area contributed by atoms with Crippen molar-refractivity contribution in [3.8, 4) is 0 Å². The van der Waals surface area contributed by atoms with Crippen LogP contribution in [0.3, 0.4) is 0 Å². The highest BCUT2D eigenvalue weighted by atomic mass is 16.6. The van der Waals surface area contributed by atoms with Crippen LogP contribution in [0.1, 0.15) is 18.9 Å². The van der Waals surface area contributed by atoms with E-state index in [0.29, 0.717) is 0 Å². The van der Waals surface area contributed by atoms with Crippen molar-refractivity contribution in [3.05, 3.63) is 77.7 Å². The third-order valence-electron chi connectivity index (χ3n) is 7.72. The minimum Gasteiger partial charge on any atom is -0.369 e. The van der Waals surface area contributed by atoms with Gasteiger partial charge in [0.2, 0.25) is 0 Å². The Bertz CT molecular complexity index is 1300. The van der Waals surface area contributed by atoms with Gasteiger partial charge >= 0.3 is 0 Å². The van der Waals surface area contributed by atoms with E-state index in [1.807, 2.05) is 19.2 Å². The van der Waals surface area contributed by atoms with E-state index >= 15 is 0 Å². The highest BCUT2D eigenvalue weighted by Gasteiger charge is 2.55. The maximum Gasteiger partial charge on any atom is 0.254 e. The van der Waals surface area contributed by atoms with Crippen LogP contribution in [0.2, 0.25) is 0 Å². The summed E-state index contributed by atoms with van der Waals surface area (Å²) >= 11 is 0. The van der Waals surface area contributed by atoms with E-state index in [1.165, 1.54) is 5.57 Å². The van der Waals surface area contributed by atoms with Gasteiger partial charge in [0.15, 0.2) is 6.23 Å². The van der Waals surface area contributed by atoms with Gasteiger partial charge < -0.3 is 24.4 Å². The molecule has 0 bridgehead atoms. The Kier molecular flexibility index (Phi) is 4.87. The first kappa shape index (κ1) is 21.4. The molecule has 2 aromatic rings. The van der Waals surface area contributed by atoms with Crippen molar-refractivity contribution in [2.45, 2.75) is 31.7 Å². The van der Waals surface area contributed by atoms with Gasteiger partial charge in [-0.3, -0.25) is 4.79 Å². The molecule has 4 heterocycles. The number of carbonyl (C=O) groups excluding carboxylic acids is 1. The van der Waals surface area contributed by atoms with Crippen molar-refractivity contribution in [1.82, 2.24) is 19.7 Å². The Morgan fingerprint density at radius 2 is 2.03 bits per heavy atom. The van der Waals surface area contributed by atoms with Crippen LogP contribution in [0.4, 0.5) is 0 Å². The zero-order valence-corrected chi connectivity index (χ0v) is 20.3. The SMILES string of the molecule is CN(C)CCCN1C=C(C2=C(c3cn(C)c4ccccc34)C(=O)NC3OC23)C2(C)C=CC=CC12. The summed E-state index contributed by atoms with van der Waals surface area (Å²) in [5, 5.41) is 4.16. The zero-order chi connectivity index (χ0) is 23.6. The molecule has 0 radical (unpaired) electrons. The lowest BCUT2D eigenvalue weighted by Crippen LogP contribution is -2.40. The molecule has 0 spiro atoms. The normalized spacial score (nSPS) is 29.6. The molecule has 1 aromatic heterocycles. The number of aromatic nitrogens is 1. The van der Waals surface area contributed by atoms with Crippen LogP contribution >= 0.6 is 0 Å². The Morgan fingerprint density at radius 1 is 1.21 bits per heavy atom. The number of carbonyl (C=O) groups is 1. The number of allylic oxidation sites excluding steroid dienone is 2. The number of ether oxygens (including phenoxy) is 1. The molecule has 1 aromatic carbocycles. The summed E-state index contributed by atoms with van der Waals surface area (Å²) in [7, 11) is 6.27. The Morgan fingerprint density at radius 3 is 2.85 bits per heavy atom. The number of hydrogen-bond donors (Lipinski definition) is 1. The van der Waals surface area contributed by atoms with Crippen LogP contribution in [-0.2, 0) is 16.6 Å². The Labute approximate surface area is 200 Å². The molecule has 4 unspecified atom stereocenters. The summed E-state index contributed by atoms with van der Waals surface area (Å²) in [5.74, 6) is -0.0486. The minimum atomic E-state index is -0.227. The largest absolute Gasteiger partial charge is 0.369 e. The van der Waals surface area contributed by atoms with Gasteiger partial charge in [-0.1, -0.05) is 42.5 Å². The van der Waals surface area contributed by atoms with E-state index in [1.54, 1.807) is 0 Å². The molecule has 4 atom stereocenters. The summed E-state index contributed by atoms with van der Waals surface area (Å²) in [6.07, 6.45) is 14.0. The number of benzene rings is 1. The number of aryl methyl sites for hydroxylation is 1. The molecular formula is C28H32N4O2. The first-order valence-electron chi connectivity index (χ1n) is 12.1. The third-order valence-corrected chi connectivity index (χ3v) is 7.72. The molecule has 34 heavy (non-hydrogen) atoms. The van der Waals surface area contributed by atoms with Gasteiger partial charge in [-0.05, 0) is 45.6 Å².